The highest BCUT2D eigenvalue weighted by molar-refractivity contribution is 6.05. The molecule has 0 aromatic rings. The summed E-state index contributed by atoms with van der Waals surface area (Å²) in [7, 11) is 0. The molecule has 7 nitrogen and oxygen atoms in total. The summed E-state index contributed by atoms with van der Waals surface area (Å²) >= 11 is 0. The van der Waals surface area contributed by atoms with Crippen LogP contribution in [0.4, 0.5) is 13.2 Å². The van der Waals surface area contributed by atoms with Crippen LogP contribution in [-0.4, -0.2) is 34.6 Å². The van der Waals surface area contributed by atoms with Crippen LogP contribution in [0.5, 0.6) is 0 Å². The third-order valence-corrected chi connectivity index (χ3v) is 13.3. The third kappa shape index (κ3) is 4.02. The van der Waals surface area contributed by atoms with E-state index in [4.69, 9.17) is 5.84 Å². The average Bonchev–Trinajstić information content (AvgIpc) is 2.91. The monoisotopic (exact) mass is 601 g/mol. The number of ketones is 2. The lowest BCUT2D eigenvalue weighted by Crippen LogP contribution is -2.65. The van der Waals surface area contributed by atoms with Crippen molar-refractivity contribution in [1.82, 2.24) is 5.01 Å². The second kappa shape index (κ2) is 9.12. The Morgan fingerprint density at radius 3 is 2.19 bits per heavy atom. The summed E-state index contributed by atoms with van der Waals surface area (Å²) in [5.41, 5.74) is -3.07. The fourth-order valence-electron chi connectivity index (χ4n) is 10.4. The Morgan fingerprint density at radius 1 is 1.00 bits per heavy atom. The Kier molecular flexibility index (Phi) is 6.71. The topological polar surface area (TPSA) is 121 Å². The number of nitriles is 1. The molecule has 5 rings (SSSR count). The number of hydrogen-bond donors (Lipinski definition) is 1. The summed E-state index contributed by atoms with van der Waals surface area (Å²) < 4.78 is 39.5. The molecule has 3 saturated carbocycles. The lowest BCUT2D eigenvalue weighted by molar-refractivity contribution is -0.193. The van der Waals surface area contributed by atoms with E-state index in [9.17, 15) is 37.6 Å². The van der Waals surface area contributed by atoms with Crippen molar-refractivity contribution in [2.45, 2.75) is 99.6 Å². The van der Waals surface area contributed by atoms with Gasteiger partial charge in [-0.25, -0.2) is 10.9 Å². The van der Waals surface area contributed by atoms with Gasteiger partial charge in [-0.2, -0.15) is 18.4 Å². The summed E-state index contributed by atoms with van der Waals surface area (Å²) in [6.07, 6.45) is 2.16. The summed E-state index contributed by atoms with van der Waals surface area (Å²) in [6.45, 7) is 13.8. The molecular formula is C33H42F3N3O4. The first-order valence-corrected chi connectivity index (χ1v) is 15.2. The molecule has 0 saturated heterocycles. The number of Topliss-reactive ketones (excluding diaryl/α,β-unsaturated/α-hetero) is 1. The number of carbonyl (C=O) groups is 4. The molecule has 0 heterocycles. The van der Waals surface area contributed by atoms with Gasteiger partial charge in [-0.1, -0.05) is 60.1 Å². The van der Waals surface area contributed by atoms with E-state index in [-0.39, 0.29) is 52.2 Å². The van der Waals surface area contributed by atoms with Crippen molar-refractivity contribution >= 4 is 23.4 Å². The predicted molar refractivity (Wildman–Crippen MR) is 151 cm³/mol. The first-order valence-electron chi connectivity index (χ1n) is 15.2. The fraction of sp³-hybridized carbons (Fsp3) is 0.727. The molecule has 2 amide bonds. The van der Waals surface area contributed by atoms with Crippen molar-refractivity contribution in [3.8, 4) is 6.07 Å². The SMILES string of the molecule is CC1(C)C(=O)C(C#N)=C[C@]2(C)C3=CC(=O)[C@@H]4[C@@H]5C[C@@](C)(C(=O)N(N)C(=O)C(F)(F)F)CC[C@]5(C)CC[C@@]4(C)[C@]3(C)CC[C@@H]12. The number of alkyl halides is 3. The van der Waals surface area contributed by atoms with Crippen molar-refractivity contribution in [2.75, 3.05) is 0 Å². The second-order valence-electron chi connectivity index (χ2n) is 15.8. The number of imide groups is 1. The number of fused-ring (bicyclic) bond motifs is 7. The normalized spacial score (nSPS) is 43.5. The lowest BCUT2D eigenvalue weighted by atomic mass is 9.34. The number of halogens is 3. The van der Waals surface area contributed by atoms with Crippen molar-refractivity contribution in [2.24, 2.45) is 56.1 Å². The number of carbonyl (C=O) groups excluding carboxylic acids is 4. The quantitative estimate of drug-likeness (QED) is 0.224. The number of nitrogens with two attached hydrogens (primary N) is 1. The molecule has 234 valence electrons. The standard InChI is InChI=1S/C33H42F3N3O4/c1-27(2)21-8-9-31(6)22(30(21,5)15-18(17-37)24(27)41)14-20(40)23-19-16-29(4,25(42)39(38)26(43)33(34,35)36)11-10-28(19,3)12-13-32(23,31)7/h14-15,19,21,23H,8-13,16,38H2,1-7H3/t19-,21-,23-,28+,29-,30-,31+,32+/m0/s1. The first kappa shape index (κ1) is 31.6. The van der Waals surface area contributed by atoms with Gasteiger partial charge in [0.25, 0.3) is 0 Å². The number of nitrogens with zero attached hydrogens (tertiary/aromatic N) is 2. The van der Waals surface area contributed by atoms with Gasteiger partial charge in [0.05, 0.1) is 5.57 Å². The molecule has 8 atom stereocenters. The van der Waals surface area contributed by atoms with Crippen LogP contribution in [0.2, 0.25) is 0 Å². The highest BCUT2D eigenvalue weighted by atomic mass is 19.4. The van der Waals surface area contributed by atoms with E-state index in [0.29, 0.717) is 6.42 Å². The van der Waals surface area contributed by atoms with Crippen molar-refractivity contribution in [1.29, 1.82) is 5.26 Å². The smallest absolute Gasteiger partial charge is 0.295 e. The van der Waals surface area contributed by atoms with Crippen LogP contribution < -0.4 is 5.84 Å². The van der Waals surface area contributed by atoms with Crippen LogP contribution >= 0.6 is 0 Å². The Labute approximate surface area is 251 Å². The molecule has 0 aromatic heterocycles. The van der Waals surface area contributed by atoms with Crippen LogP contribution in [0.15, 0.2) is 23.3 Å². The van der Waals surface area contributed by atoms with Gasteiger partial charge in [0.2, 0.25) is 5.91 Å². The van der Waals surface area contributed by atoms with Crippen LogP contribution in [-0.2, 0) is 19.2 Å². The van der Waals surface area contributed by atoms with E-state index in [1.807, 2.05) is 20.8 Å². The van der Waals surface area contributed by atoms with Gasteiger partial charge in [0, 0.05) is 22.2 Å². The van der Waals surface area contributed by atoms with E-state index in [1.54, 1.807) is 19.1 Å². The Morgan fingerprint density at radius 2 is 1.60 bits per heavy atom. The number of hydrazine groups is 1. The molecule has 0 unspecified atom stereocenters. The third-order valence-electron chi connectivity index (χ3n) is 13.3. The van der Waals surface area contributed by atoms with Crippen molar-refractivity contribution in [3.05, 3.63) is 23.3 Å². The van der Waals surface area contributed by atoms with Gasteiger partial charge in [-0.15, -0.1) is 0 Å². The summed E-state index contributed by atoms with van der Waals surface area (Å²) in [4.78, 5) is 52.9. The van der Waals surface area contributed by atoms with E-state index in [0.717, 1.165) is 31.3 Å². The maximum atomic E-state index is 14.4. The van der Waals surface area contributed by atoms with Crippen LogP contribution in [0.1, 0.15) is 93.4 Å². The highest BCUT2D eigenvalue weighted by Gasteiger charge is 2.70. The second-order valence-corrected chi connectivity index (χ2v) is 15.8. The molecule has 0 spiro atoms. The van der Waals surface area contributed by atoms with E-state index >= 15 is 0 Å². The molecule has 3 fully saturated rings. The highest BCUT2D eigenvalue weighted by Crippen LogP contribution is 2.74. The maximum Gasteiger partial charge on any atom is 0.473 e. The fourth-order valence-corrected chi connectivity index (χ4v) is 10.4. The van der Waals surface area contributed by atoms with Crippen LogP contribution in [0.25, 0.3) is 0 Å². The zero-order valence-corrected chi connectivity index (χ0v) is 26.1. The molecular weight excluding hydrogens is 559 g/mol. The summed E-state index contributed by atoms with van der Waals surface area (Å²) in [5.74, 6) is 0.835. The molecule has 10 heteroatoms. The molecule has 2 N–H and O–H groups in total. The summed E-state index contributed by atoms with van der Waals surface area (Å²) in [6, 6.07) is 2.10. The Hall–Kier alpha value is -2.80. The van der Waals surface area contributed by atoms with E-state index < -0.39 is 51.0 Å². The molecule has 0 bridgehead atoms. The minimum absolute atomic E-state index is 0.0814. The van der Waals surface area contributed by atoms with Crippen molar-refractivity contribution in [3.63, 3.8) is 0 Å². The zero-order valence-electron chi connectivity index (χ0n) is 26.1. The zero-order chi connectivity index (χ0) is 32.3. The van der Waals surface area contributed by atoms with Gasteiger partial charge >= 0.3 is 12.1 Å². The molecule has 5 aliphatic rings. The Balaban J connectivity index is 1.59. The van der Waals surface area contributed by atoms with Gasteiger partial charge < -0.3 is 0 Å². The van der Waals surface area contributed by atoms with Crippen LogP contribution in [0, 0.1) is 61.6 Å². The average molecular weight is 602 g/mol. The maximum absolute atomic E-state index is 14.4. The largest absolute Gasteiger partial charge is 0.473 e. The van der Waals surface area contributed by atoms with Crippen LogP contribution in [0.3, 0.4) is 0 Å². The lowest BCUT2D eigenvalue weighted by Gasteiger charge is -2.69. The minimum Gasteiger partial charge on any atom is -0.295 e. The van der Waals surface area contributed by atoms with Gasteiger partial charge in [0.15, 0.2) is 11.6 Å². The number of allylic oxidation sites excluding steroid dienone is 4. The van der Waals surface area contributed by atoms with Gasteiger partial charge in [-0.3, -0.25) is 19.2 Å². The van der Waals surface area contributed by atoms with E-state index in [2.05, 4.69) is 26.8 Å². The molecule has 0 radical (unpaired) electrons. The predicted octanol–water partition coefficient (Wildman–Crippen LogP) is 6.00. The minimum atomic E-state index is -5.28. The van der Waals surface area contributed by atoms with Crippen molar-refractivity contribution < 1.29 is 32.3 Å². The first-order chi connectivity index (χ1) is 19.5. The Bertz CT molecular complexity index is 1440. The van der Waals surface area contributed by atoms with E-state index in [1.165, 1.54) is 0 Å². The summed E-state index contributed by atoms with van der Waals surface area (Å²) in [5, 5.41) is 9.58. The number of rotatable bonds is 1. The van der Waals surface area contributed by atoms with Gasteiger partial charge in [0.1, 0.15) is 6.07 Å². The number of amides is 2. The molecule has 0 aliphatic heterocycles. The molecule has 0 aromatic carbocycles. The molecule has 43 heavy (non-hydrogen) atoms. The number of hydrogen-bond acceptors (Lipinski definition) is 6. The van der Waals surface area contributed by atoms with Gasteiger partial charge in [-0.05, 0) is 79.1 Å². The molecule has 5 aliphatic carbocycles.